The van der Waals surface area contributed by atoms with Crippen molar-refractivity contribution < 1.29 is 9.53 Å². The number of allylic oxidation sites excluding steroid dienone is 1. The van der Waals surface area contributed by atoms with Gasteiger partial charge in [0.15, 0.2) is 0 Å². The van der Waals surface area contributed by atoms with E-state index in [0.29, 0.717) is 0 Å². The number of unbranched alkanes of at least 4 members (excludes halogenated alkanes) is 2. The molecular formula is C13H22O2. The summed E-state index contributed by atoms with van der Waals surface area (Å²) in [6.45, 7) is 2.15. The van der Waals surface area contributed by atoms with E-state index in [-0.39, 0.29) is 12.1 Å². The molecule has 0 N–H and O–H groups in total. The molecule has 15 heavy (non-hydrogen) atoms. The molecule has 1 aliphatic carbocycles. The number of esters is 1. The summed E-state index contributed by atoms with van der Waals surface area (Å²) < 4.78 is 5.35. The lowest BCUT2D eigenvalue weighted by molar-refractivity contribution is -0.144. The van der Waals surface area contributed by atoms with Crippen molar-refractivity contribution in [3.05, 3.63) is 12.2 Å². The van der Waals surface area contributed by atoms with Gasteiger partial charge in [-0.15, -0.1) is 0 Å². The van der Waals surface area contributed by atoms with Crippen LogP contribution in [-0.4, -0.2) is 12.1 Å². The van der Waals surface area contributed by atoms with Gasteiger partial charge in [0.25, 0.3) is 0 Å². The molecule has 0 aliphatic heterocycles. The lowest BCUT2D eigenvalue weighted by atomic mass is 9.98. The summed E-state index contributed by atoms with van der Waals surface area (Å²) in [7, 11) is 0. The average molecular weight is 210 g/mol. The number of rotatable bonds is 5. The zero-order chi connectivity index (χ0) is 10.9. The molecular weight excluding hydrogens is 188 g/mol. The summed E-state index contributed by atoms with van der Waals surface area (Å²) in [5, 5.41) is 0. The first-order chi connectivity index (χ1) is 7.33. The van der Waals surface area contributed by atoms with Gasteiger partial charge >= 0.3 is 5.97 Å². The van der Waals surface area contributed by atoms with E-state index in [1.54, 1.807) is 6.08 Å². The number of hydrogen-bond acceptors (Lipinski definition) is 2. The van der Waals surface area contributed by atoms with Crippen molar-refractivity contribution in [2.75, 3.05) is 0 Å². The third-order valence-electron chi connectivity index (χ3n) is 2.81. The molecule has 1 fully saturated rings. The molecule has 1 aliphatic rings. The molecule has 1 saturated carbocycles. The molecule has 0 amide bonds. The molecule has 0 bridgehead atoms. The van der Waals surface area contributed by atoms with Gasteiger partial charge in [-0.2, -0.15) is 0 Å². The van der Waals surface area contributed by atoms with Crippen LogP contribution in [0.4, 0.5) is 0 Å². The maximum Gasteiger partial charge on any atom is 0.330 e. The Bertz CT molecular complexity index is 203. The quantitative estimate of drug-likeness (QED) is 0.393. The Kier molecular flexibility index (Phi) is 6.14. The van der Waals surface area contributed by atoms with Crippen LogP contribution in [0.5, 0.6) is 0 Å². The lowest BCUT2D eigenvalue weighted by Crippen LogP contribution is -2.19. The predicted molar refractivity (Wildman–Crippen MR) is 61.6 cm³/mol. The van der Waals surface area contributed by atoms with Gasteiger partial charge in [0.2, 0.25) is 0 Å². The van der Waals surface area contributed by atoms with Gasteiger partial charge in [0.05, 0.1) is 0 Å². The van der Waals surface area contributed by atoms with E-state index in [1.807, 2.05) is 6.08 Å². The normalized spacial score (nSPS) is 18.2. The monoisotopic (exact) mass is 210 g/mol. The largest absolute Gasteiger partial charge is 0.459 e. The second-order valence-electron chi connectivity index (χ2n) is 4.24. The molecule has 0 heterocycles. The number of hydrogen-bond donors (Lipinski definition) is 0. The Morgan fingerprint density at radius 2 is 2.07 bits per heavy atom. The molecule has 0 saturated heterocycles. The first kappa shape index (κ1) is 12.3. The van der Waals surface area contributed by atoms with Gasteiger partial charge in [-0.05, 0) is 32.1 Å². The van der Waals surface area contributed by atoms with Crippen molar-refractivity contribution in [2.24, 2.45) is 0 Å². The Hall–Kier alpha value is -0.790. The highest BCUT2D eigenvalue weighted by molar-refractivity contribution is 5.82. The van der Waals surface area contributed by atoms with Crippen LogP contribution in [0.15, 0.2) is 12.2 Å². The maximum absolute atomic E-state index is 11.4. The molecule has 0 unspecified atom stereocenters. The smallest absolute Gasteiger partial charge is 0.330 e. The van der Waals surface area contributed by atoms with E-state index in [4.69, 9.17) is 4.74 Å². The van der Waals surface area contributed by atoms with Gasteiger partial charge in [0.1, 0.15) is 6.10 Å². The van der Waals surface area contributed by atoms with Gasteiger partial charge in [-0.3, -0.25) is 0 Å². The fourth-order valence-electron chi connectivity index (χ4n) is 1.89. The highest BCUT2D eigenvalue weighted by Crippen LogP contribution is 2.20. The van der Waals surface area contributed by atoms with Gasteiger partial charge in [0, 0.05) is 6.08 Å². The number of ether oxygens (including phenoxy) is 1. The Morgan fingerprint density at radius 3 is 2.73 bits per heavy atom. The third-order valence-corrected chi connectivity index (χ3v) is 2.81. The first-order valence-electron chi connectivity index (χ1n) is 6.20. The number of carbonyl (C=O) groups excluding carboxylic acids is 1. The Morgan fingerprint density at radius 1 is 1.33 bits per heavy atom. The van der Waals surface area contributed by atoms with E-state index in [9.17, 15) is 4.79 Å². The van der Waals surface area contributed by atoms with Crippen LogP contribution in [0.2, 0.25) is 0 Å². The SMILES string of the molecule is CCCCC=CC(=O)OC1CCCCC1. The first-order valence-corrected chi connectivity index (χ1v) is 6.20. The molecule has 0 radical (unpaired) electrons. The van der Waals surface area contributed by atoms with E-state index >= 15 is 0 Å². The minimum absolute atomic E-state index is 0.155. The van der Waals surface area contributed by atoms with Gasteiger partial charge in [-0.25, -0.2) is 4.79 Å². The summed E-state index contributed by atoms with van der Waals surface area (Å²) in [4.78, 5) is 11.4. The minimum atomic E-state index is -0.155. The van der Waals surface area contributed by atoms with E-state index in [0.717, 1.165) is 25.7 Å². The van der Waals surface area contributed by atoms with E-state index in [2.05, 4.69) is 6.92 Å². The molecule has 2 heteroatoms. The van der Waals surface area contributed by atoms with Crippen molar-refractivity contribution in [3.63, 3.8) is 0 Å². The standard InChI is InChI=1S/C13H22O2/c1-2-3-4-8-11-13(14)15-12-9-6-5-7-10-12/h8,11-12H,2-7,9-10H2,1H3. The van der Waals surface area contributed by atoms with Crippen molar-refractivity contribution >= 4 is 5.97 Å². The highest BCUT2D eigenvalue weighted by Gasteiger charge is 2.15. The molecule has 0 spiro atoms. The minimum Gasteiger partial charge on any atom is -0.459 e. The van der Waals surface area contributed by atoms with Crippen LogP contribution >= 0.6 is 0 Å². The lowest BCUT2D eigenvalue weighted by Gasteiger charge is -2.20. The van der Waals surface area contributed by atoms with Crippen LogP contribution in [0.25, 0.3) is 0 Å². The molecule has 1 rings (SSSR count). The van der Waals surface area contributed by atoms with Crippen molar-refractivity contribution in [3.8, 4) is 0 Å². The second kappa shape index (κ2) is 7.49. The highest BCUT2D eigenvalue weighted by atomic mass is 16.5. The second-order valence-corrected chi connectivity index (χ2v) is 4.24. The van der Waals surface area contributed by atoms with Crippen molar-refractivity contribution in [2.45, 2.75) is 64.4 Å². The molecule has 0 aromatic carbocycles. The fourth-order valence-corrected chi connectivity index (χ4v) is 1.89. The average Bonchev–Trinajstić information content (AvgIpc) is 2.26. The van der Waals surface area contributed by atoms with Crippen LogP contribution in [0.3, 0.4) is 0 Å². The van der Waals surface area contributed by atoms with E-state index in [1.165, 1.54) is 25.7 Å². The van der Waals surface area contributed by atoms with Crippen LogP contribution in [0.1, 0.15) is 58.3 Å². The zero-order valence-corrected chi connectivity index (χ0v) is 9.71. The van der Waals surface area contributed by atoms with Crippen LogP contribution in [-0.2, 0) is 9.53 Å². The Labute approximate surface area is 92.7 Å². The number of carbonyl (C=O) groups is 1. The van der Waals surface area contributed by atoms with Crippen LogP contribution < -0.4 is 0 Å². The van der Waals surface area contributed by atoms with Gasteiger partial charge < -0.3 is 4.74 Å². The summed E-state index contributed by atoms with van der Waals surface area (Å²) in [5.41, 5.74) is 0. The summed E-state index contributed by atoms with van der Waals surface area (Å²) >= 11 is 0. The zero-order valence-electron chi connectivity index (χ0n) is 9.71. The van der Waals surface area contributed by atoms with Crippen molar-refractivity contribution in [1.29, 1.82) is 0 Å². The maximum atomic E-state index is 11.4. The summed E-state index contributed by atoms with van der Waals surface area (Å²) in [5.74, 6) is -0.155. The predicted octanol–water partition coefficient (Wildman–Crippen LogP) is 3.61. The van der Waals surface area contributed by atoms with Crippen molar-refractivity contribution in [1.82, 2.24) is 0 Å². The molecule has 0 atom stereocenters. The molecule has 0 aromatic heterocycles. The Balaban J connectivity index is 2.13. The summed E-state index contributed by atoms with van der Waals surface area (Å²) in [6, 6.07) is 0. The fraction of sp³-hybridized carbons (Fsp3) is 0.769. The molecule has 2 nitrogen and oxygen atoms in total. The topological polar surface area (TPSA) is 26.3 Å². The van der Waals surface area contributed by atoms with Crippen LogP contribution in [0, 0.1) is 0 Å². The molecule has 86 valence electrons. The van der Waals surface area contributed by atoms with E-state index < -0.39 is 0 Å². The third kappa shape index (κ3) is 5.60. The summed E-state index contributed by atoms with van der Waals surface area (Å²) in [6.07, 6.45) is 12.8. The molecule has 0 aromatic rings. The van der Waals surface area contributed by atoms with Gasteiger partial charge in [-0.1, -0.05) is 32.3 Å².